The molecule has 1 N–H and O–H groups in total. The number of benzene rings is 2. The van der Waals surface area contributed by atoms with E-state index in [-0.39, 0.29) is 29.6 Å². The van der Waals surface area contributed by atoms with E-state index in [0.717, 1.165) is 48.5 Å². The molecular weight excluding hydrogens is 550 g/mol. The number of carbonyl (C=O) groups is 1. The second-order valence-electron chi connectivity index (χ2n) is 10.3. The minimum atomic E-state index is -3.69. The highest BCUT2D eigenvalue weighted by Crippen LogP contribution is 2.43. The first kappa shape index (κ1) is 27.9. The fourth-order valence-electron chi connectivity index (χ4n) is 5.47. The number of rotatable bonds is 10. The van der Waals surface area contributed by atoms with Gasteiger partial charge in [-0.3, -0.25) is 4.90 Å². The van der Waals surface area contributed by atoms with E-state index in [0.29, 0.717) is 31.1 Å². The molecule has 220 valence electrons. The Hall–Kier alpha value is -4.29. The van der Waals surface area contributed by atoms with Crippen molar-refractivity contribution in [1.29, 1.82) is 0 Å². The van der Waals surface area contributed by atoms with Gasteiger partial charge in [0.2, 0.25) is 5.88 Å². The SMILES string of the molecule is COCCn1c(CN2CCC(c3cccc(OCc4cccc5c4OC(F)(F)O5)n3)CC2)nc2ccc(C(=O)O)cc21. The third-order valence-corrected chi connectivity index (χ3v) is 7.59. The predicted molar refractivity (Wildman–Crippen MR) is 147 cm³/mol. The summed E-state index contributed by atoms with van der Waals surface area (Å²) in [7, 11) is 1.64. The van der Waals surface area contributed by atoms with E-state index in [1.165, 1.54) is 6.07 Å². The summed E-state index contributed by atoms with van der Waals surface area (Å²) in [6.07, 6.45) is -1.90. The number of carboxylic acids is 1. The molecule has 2 aliphatic heterocycles. The number of piperidine rings is 1. The monoisotopic (exact) mass is 580 g/mol. The number of alkyl halides is 2. The number of aromatic nitrogens is 3. The van der Waals surface area contributed by atoms with Crippen LogP contribution in [0.3, 0.4) is 0 Å². The fourth-order valence-corrected chi connectivity index (χ4v) is 5.47. The Kier molecular flexibility index (Phi) is 7.65. The molecule has 2 aromatic carbocycles. The number of aromatic carboxylic acids is 1. The van der Waals surface area contributed by atoms with Gasteiger partial charge in [0.05, 0.1) is 29.7 Å². The number of hydrogen-bond acceptors (Lipinski definition) is 8. The third kappa shape index (κ3) is 5.86. The summed E-state index contributed by atoms with van der Waals surface area (Å²) in [4.78, 5) is 23.4. The first-order valence-electron chi connectivity index (χ1n) is 13.7. The van der Waals surface area contributed by atoms with E-state index in [1.807, 2.05) is 16.7 Å². The number of ether oxygens (including phenoxy) is 4. The van der Waals surface area contributed by atoms with Crippen molar-refractivity contribution < 1.29 is 37.6 Å². The summed E-state index contributed by atoms with van der Waals surface area (Å²) in [5, 5.41) is 9.44. The minimum absolute atomic E-state index is 0.00947. The molecule has 6 rings (SSSR count). The molecule has 0 aliphatic carbocycles. The number of pyridine rings is 1. The van der Waals surface area contributed by atoms with Gasteiger partial charge in [-0.25, -0.2) is 14.8 Å². The number of halogens is 2. The summed E-state index contributed by atoms with van der Waals surface area (Å²) >= 11 is 0. The molecule has 0 radical (unpaired) electrons. The van der Waals surface area contributed by atoms with Gasteiger partial charge in [-0.15, -0.1) is 8.78 Å². The Balaban J connectivity index is 1.09. The molecule has 12 heteroatoms. The molecule has 1 fully saturated rings. The average molecular weight is 581 g/mol. The van der Waals surface area contributed by atoms with Crippen molar-refractivity contribution in [3.8, 4) is 17.4 Å². The Labute approximate surface area is 240 Å². The second-order valence-corrected chi connectivity index (χ2v) is 10.3. The highest BCUT2D eigenvalue weighted by molar-refractivity contribution is 5.92. The molecule has 2 aliphatic rings. The van der Waals surface area contributed by atoms with E-state index in [9.17, 15) is 18.7 Å². The molecular formula is C30H30F2N4O6. The zero-order valence-electron chi connectivity index (χ0n) is 23.0. The largest absolute Gasteiger partial charge is 0.586 e. The first-order chi connectivity index (χ1) is 20.3. The lowest BCUT2D eigenvalue weighted by Crippen LogP contribution is -2.33. The van der Waals surface area contributed by atoms with Gasteiger partial charge in [0.25, 0.3) is 0 Å². The van der Waals surface area contributed by atoms with Gasteiger partial charge in [-0.05, 0) is 56.3 Å². The van der Waals surface area contributed by atoms with Crippen LogP contribution in [0, 0.1) is 0 Å². The highest BCUT2D eigenvalue weighted by atomic mass is 19.3. The van der Waals surface area contributed by atoms with Crippen molar-refractivity contribution in [3.05, 3.63) is 77.2 Å². The van der Waals surface area contributed by atoms with Crippen LogP contribution in [0.1, 0.15) is 46.2 Å². The molecule has 42 heavy (non-hydrogen) atoms. The summed E-state index contributed by atoms with van der Waals surface area (Å²) in [5.41, 5.74) is 3.14. The standard InChI is InChI=1S/C30H30F2N4O6/c1-39-15-14-36-24-16-20(29(37)38)8-9-23(24)33-26(36)17-35-12-10-19(11-13-35)22-5-3-7-27(34-22)40-18-21-4-2-6-25-28(21)42-30(31,32)41-25/h2-9,16,19H,10-15,17-18H2,1H3,(H,37,38). The van der Waals surface area contributed by atoms with Crippen molar-refractivity contribution in [1.82, 2.24) is 19.4 Å². The van der Waals surface area contributed by atoms with Crippen LogP contribution in [0.25, 0.3) is 11.0 Å². The number of fused-ring (bicyclic) bond motifs is 2. The lowest BCUT2D eigenvalue weighted by Gasteiger charge is -2.31. The molecule has 1 saturated heterocycles. The molecule has 0 bridgehead atoms. The molecule has 4 aromatic rings. The summed E-state index contributed by atoms with van der Waals surface area (Å²) < 4.78 is 49.4. The van der Waals surface area contributed by atoms with Gasteiger partial charge < -0.3 is 28.6 Å². The number of hydrogen-bond donors (Lipinski definition) is 1. The smallest absolute Gasteiger partial charge is 0.478 e. The number of methoxy groups -OCH3 is 1. The fraction of sp³-hybridized carbons (Fsp3) is 0.367. The van der Waals surface area contributed by atoms with Crippen molar-refractivity contribution >= 4 is 17.0 Å². The number of carboxylic acid groups (broad SMARTS) is 1. The predicted octanol–water partition coefficient (Wildman–Crippen LogP) is 5.06. The lowest BCUT2D eigenvalue weighted by atomic mass is 9.93. The Morgan fingerprint density at radius 1 is 1.10 bits per heavy atom. The van der Waals surface area contributed by atoms with Crippen LogP contribution in [0.2, 0.25) is 0 Å². The van der Waals surface area contributed by atoms with Crippen molar-refractivity contribution in [2.24, 2.45) is 0 Å². The normalized spacial score (nSPS) is 16.6. The van der Waals surface area contributed by atoms with Crippen LogP contribution < -0.4 is 14.2 Å². The average Bonchev–Trinajstić information content (AvgIpc) is 3.49. The topological polar surface area (TPSA) is 108 Å². The van der Waals surface area contributed by atoms with Crippen LogP contribution in [0.4, 0.5) is 8.78 Å². The van der Waals surface area contributed by atoms with Crippen LogP contribution in [-0.2, 0) is 24.4 Å². The number of nitrogens with zero attached hydrogens (tertiary/aromatic N) is 4. The van der Waals surface area contributed by atoms with Gasteiger partial charge in [-0.1, -0.05) is 18.2 Å². The number of imidazole rings is 1. The summed E-state index contributed by atoms with van der Waals surface area (Å²) in [5.74, 6) is 0.506. The summed E-state index contributed by atoms with van der Waals surface area (Å²) in [6.45, 7) is 3.39. The molecule has 0 unspecified atom stereocenters. The van der Waals surface area contributed by atoms with E-state index in [1.54, 1.807) is 43.5 Å². The van der Waals surface area contributed by atoms with Gasteiger partial charge >= 0.3 is 12.3 Å². The zero-order chi connectivity index (χ0) is 29.3. The zero-order valence-corrected chi connectivity index (χ0v) is 23.0. The summed E-state index contributed by atoms with van der Waals surface area (Å²) in [6, 6.07) is 15.3. The van der Waals surface area contributed by atoms with Crippen molar-refractivity contribution in [2.75, 3.05) is 26.8 Å². The third-order valence-electron chi connectivity index (χ3n) is 7.59. The van der Waals surface area contributed by atoms with Crippen molar-refractivity contribution in [3.63, 3.8) is 0 Å². The molecule has 4 heterocycles. The molecule has 0 saturated carbocycles. The van der Waals surface area contributed by atoms with E-state index in [2.05, 4.69) is 14.4 Å². The Bertz CT molecular complexity index is 1600. The van der Waals surface area contributed by atoms with Gasteiger partial charge in [0, 0.05) is 36.9 Å². The molecule has 2 aromatic heterocycles. The maximum Gasteiger partial charge on any atom is 0.586 e. The molecule has 0 amide bonds. The van der Waals surface area contributed by atoms with E-state index >= 15 is 0 Å². The molecule has 0 spiro atoms. The quantitative estimate of drug-likeness (QED) is 0.276. The van der Waals surface area contributed by atoms with Gasteiger partial charge in [-0.2, -0.15) is 0 Å². The van der Waals surface area contributed by atoms with Crippen LogP contribution in [0.15, 0.2) is 54.6 Å². The van der Waals surface area contributed by atoms with E-state index < -0.39 is 12.3 Å². The van der Waals surface area contributed by atoms with Gasteiger partial charge in [0.15, 0.2) is 11.5 Å². The van der Waals surface area contributed by atoms with Crippen LogP contribution >= 0.6 is 0 Å². The van der Waals surface area contributed by atoms with E-state index in [4.69, 9.17) is 19.4 Å². The molecule has 10 nitrogen and oxygen atoms in total. The second kappa shape index (κ2) is 11.5. The Morgan fingerprint density at radius 2 is 1.90 bits per heavy atom. The van der Waals surface area contributed by atoms with Crippen LogP contribution in [0.5, 0.6) is 17.4 Å². The van der Waals surface area contributed by atoms with Gasteiger partial charge in [0.1, 0.15) is 12.4 Å². The minimum Gasteiger partial charge on any atom is -0.478 e. The molecule has 0 atom stereocenters. The maximum atomic E-state index is 13.5. The first-order valence-corrected chi connectivity index (χ1v) is 13.7. The highest BCUT2D eigenvalue weighted by Gasteiger charge is 2.44. The number of likely N-dealkylation sites (tertiary alicyclic amines) is 1. The lowest BCUT2D eigenvalue weighted by molar-refractivity contribution is -0.287. The maximum absolute atomic E-state index is 13.5. The number of para-hydroxylation sites is 1. The van der Waals surface area contributed by atoms with Crippen molar-refractivity contribution in [2.45, 2.75) is 44.8 Å². The Morgan fingerprint density at radius 3 is 2.69 bits per heavy atom. The van der Waals surface area contributed by atoms with Crippen LogP contribution in [-0.4, -0.2) is 63.6 Å².